The van der Waals surface area contributed by atoms with Crippen LogP contribution in [0.4, 0.5) is 0 Å². The molecule has 19 heavy (non-hydrogen) atoms. The largest absolute Gasteiger partial charge is 0.328 e. The van der Waals surface area contributed by atoms with Gasteiger partial charge in [0.1, 0.15) is 4.47 Å². The molecule has 110 valence electrons. The van der Waals surface area contributed by atoms with Crippen LogP contribution in [0, 0.1) is 6.92 Å². The van der Waals surface area contributed by atoms with Crippen LogP contribution in [0.1, 0.15) is 38.9 Å². The second-order valence-electron chi connectivity index (χ2n) is 4.24. The van der Waals surface area contributed by atoms with Crippen LogP contribution in [0.2, 0.25) is 0 Å². The zero-order valence-corrected chi connectivity index (χ0v) is 14.6. The number of aryl methyl sites for hydroxylation is 1. The summed E-state index contributed by atoms with van der Waals surface area (Å²) in [7, 11) is 0. The van der Waals surface area contributed by atoms with Crippen molar-refractivity contribution in [2.45, 2.75) is 45.5 Å². The number of aromatic nitrogens is 2. The highest BCUT2D eigenvalue weighted by molar-refractivity contribution is 9.10. The fourth-order valence-corrected chi connectivity index (χ4v) is 1.51. The molecule has 7 heteroatoms. The highest BCUT2D eigenvalue weighted by atomic mass is 79.9. The molecule has 2 unspecified atom stereocenters. The molecule has 1 aromatic rings. The topological polar surface area (TPSA) is 54.9 Å². The fourth-order valence-electron chi connectivity index (χ4n) is 1.22. The quantitative estimate of drug-likeness (QED) is 0.825. The van der Waals surface area contributed by atoms with E-state index < -0.39 is 0 Å². The number of aromatic amines is 1. The number of nitrogens with one attached hydrogen (secondary N) is 1. The van der Waals surface area contributed by atoms with Gasteiger partial charge in [0, 0.05) is 23.0 Å². The van der Waals surface area contributed by atoms with E-state index in [1.807, 2.05) is 20.8 Å². The lowest BCUT2D eigenvalue weighted by Crippen LogP contribution is -2.38. The minimum absolute atomic E-state index is 0.0804. The molecule has 0 aliphatic rings. The molecule has 0 radical (unpaired) electrons. The van der Waals surface area contributed by atoms with Crippen LogP contribution in [0.25, 0.3) is 0 Å². The highest BCUT2D eigenvalue weighted by Gasteiger charge is 2.12. The van der Waals surface area contributed by atoms with Gasteiger partial charge in [0.15, 0.2) is 0 Å². The minimum atomic E-state index is -0.343. The summed E-state index contributed by atoms with van der Waals surface area (Å²) in [6.45, 7) is 7.32. The zero-order chi connectivity index (χ0) is 15.2. The number of hydrogen-bond donors (Lipinski definition) is 1. The predicted molar refractivity (Wildman–Crippen MR) is 84.8 cm³/mol. The van der Waals surface area contributed by atoms with Crippen LogP contribution in [-0.4, -0.2) is 20.8 Å². The van der Waals surface area contributed by atoms with Crippen LogP contribution >= 0.6 is 39.1 Å². The third-order valence-electron chi connectivity index (χ3n) is 2.49. The van der Waals surface area contributed by atoms with Crippen molar-refractivity contribution < 1.29 is 0 Å². The molecule has 2 atom stereocenters. The van der Waals surface area contributed by atoms with Gasteiger partial charge in [-0.15, -0.1) is 23.2 Å². The maximum atomic E-state index is 11.7. The maximum absolute atomic E-state index is 11.7. The molecule has 1 N–H and O–H groups in total. The van der Waals surface area contributed by atoms with Crippen molar-refractivity contribution in [1.82, 2.24) is 9.55 Å². The lowest BCUT2D eigenvalue weighted by Gasteiger charge is -2.12. The Morgan fingerprint density at radius 3 is 2.21 bits per heavy atom. The molecule has 0 aromatic carbocycles. The molecular weight excluding hydrogens is 355 g/mol. The molecule has 0 aliphatic carbocycles. The first kappa shape index (κ1) is 18.7. The Morgan fingerprint density at radius 2 is 1.84 bits per heavy atom. The van der Waals surface area contributed by atoms with Crippen molar-refractivity contribution in [3.63, 3.8) is 0 Å². The predicted octanol–water partition coefficient (Wildman–Crippen LogP) is 3.43. The first-order chi connectivity index (χ1) is 8.76. The molecule has 1 heterocycles. The van der Waals surface area contributed by atoms with E-state index in [2.05, 4.69) is 20.9 Å². The standard InChI is InChI=1S/C9H13BrN2O2.C3H6Cl2/c1-4-5(2)12-8(13)7(10)6(3)11-9(12)14;1-3(5)2-4/h5H,4H2,1-3H3,(H,11,14);3H,2H2,1H3. The Bertz CT molecular complexity index is 511. The molecule has 1 aromatic heterocycles. The van der Waals surface area contributed by atoms with E-state index in [9.17, 15) is 9.59 Å². The lowest BCUT2D eigenvalue weighted by atomic mass is 10.2. The Kier molecular flexibility index (Phi) is 8.70. The highest BCUT2D eigenvalue weighted by Crippen LogP contribution is 2.08. The number of nitrogens with zero attached hydrogens (tertiary/aromatic N) is 1. The average molecular weight is 374 g/mol. The first-order valence-electron chi connectivity index (χ1n) is 5.97. The van der Waals surface area contributed by atoms with Gasteiger partial charge in [0.25, 0.3) is 5.56 Å². The fraction of sp³-hybridized carbons (Fsp3) is 0.667. The Labute approximate surface area is 131 Å². The molecule has 1 rings (SSSR count). The minimum Gasteiger partial charge on any atom is -0.310 e. The SMILES string of the molecule is CC(Cl)CCl.CCC(C)n1c(=O)[nH]c(C)c(Br)c1=O. The van der Waals surface area contributed by atoms with Crippen molar-refractivity contribution in [2.24, 2.45) is 0 Å². The number of H-pyrrole nitrogens is 1. The Hall–Kier alpha value is -0.260. The van der Waals surface area contributed by atoms with Crippen molar-refractivity contribution in [2.75, 3.05) is 5.88 Å². The third-order valence-corrected chi connectivity index (χ3v) is 4.20. The molecule has 0 bridgehead atoms. The summed E-state index contributed by atoms with van der Waals surface area (Å²) in [5, 5.41) is 0.122. The monoisotopic (exact) mass is 372 g/mol. The maximum Gasteiger partial charge on any atom is 0.328 e. The Balaban J connectivity index is 0.000000555. The van der Waals surface area contributed by atoms with Crippen molar-refractivity contribution in [3.8, 4) is 0 Å². The van der Waals surface area contributed by atoms with Crippen LogP contribution in [-0.2, 0) is 0 Å². The summed E-state index contributed by atoms with van der Waals surface area (Å²) in [5.74, 6) is 0.543. The summed E-state index contributed by atoms with van der Waals surface area (Å²) in [6.07, 6.45) is 0.748. The van der Waals surface area contributed by atoms with Gasteiger partial charge in [0.05, 0.1) is 0 Å². The van der Waals surface area contributed by atoms with E-state index in [-0.39, 0.29) is 22.7 Å². The van der Waals surface area contributed by atoms with Crippen LogP contribution < -0.4 is 11.2 Å². The van der Waals surface area contributed by atoms with E-state index in [0.717, 1.165) is 6.42 Å². The summed E-state index contributed by atoms with van der Waals surface area (Å²) in [6, 6.07) is -0.0804. The van der Waals surface area contributed by atoms with Gasteiger partial charge < -0.3 is 4.98 Å². The van der Waals surface area contributed by atoms with Gasteiger partial charge in [-0.2, -0.15) is 0 Å². The second-order valence-corrected chi connectivity index (χ2v) is 6.08. The number of rotatable bonds is 3. The van der Waals surface area contributed by atoms with Gasteiger partial charge in [0.2, 0.25) is 0 Å². The Morgan fingerprint density at radius 1 is 1.37 bits per heavy atom. The smallest absolute Gasteiger partial charge is 0.310 e. The molecular formula is C12H19BrCl2N2O2. The molecule has 0 amide bonds. The number of alkyl halides is 2. The van der Waals surface area contributed by atoms with Crippen LogP contribution in [0.5, 0.6) is 0 Å². The number of halogens is 3. The average Bonchev–Trinajstić information content (AvgIpc) is 2.36. The number of hydrogen-bond acceptors (Lipinski definition) is 2. The zero-order valence-electron chi connectivity index (χ0n) is 11.5. The van der Waals surface area contributed by atoms with Crippen LogP contribution in [0.15, 0.2) is 14.1 Å². The van der Waals surface area contributed by atoms with E-state index in [4.69, 9.17) is 23.2 Å². The second kappa shape index (κ2) is 8.82. The molecule has 0 spiro atoms. The summed E-state index contributed by atoms with van der Waals surface area (Å²) < 4.78 is 1.66. The van der Waals surface area contributed by atoms with E-state index in [1.165, 1.54) is 4.57 Å². The molecule has 0 saturated carbocycles. The van der Waals surface area contributed by atoms with Gasteiger partial charge in [-0.1, -0.05) is 6.92 Å². The first-order valence-corrected chi connectivity index (χ1v) is 7.73. The van der Waals surface area contributed by atoms with Crippen molar-refractivity contribution in [3.05, 3.63) is 31.0 Å². The van der Waals surface area contributed by atoms with Crippen LogP contribution in [0.3, 0.4) is 0 Å². The third kappa shape index (κ3) is 5.71. The van der Waals surface area contributed by atoms with Gasteiger partial charge in [-0.05, 0) is 43.1 Å². The van der Waals surface area contributed by atoms with Gasteiger partial charge >= 0.3 is 5.69 Å². The van der Waals surface area contributed by atoms with Gasteiger partial charge in [-0.3, -0.25) is 9.36 Å². The van der Waals surface area contributed by atoms with E-state index in [1.54, 1.807) is 6.92 Å². The summed E-state index contributed by atoms with van der Waals surface area (Å²) >= 11 is 13.7. The molecule has 0 saturated heterocycles. The van der Waals surface area contributed by atoms with E-state index >= 15 is 0 Å². The summed E-state index contributed by atoms with van der Waals surface area (Å²) in [4.78, 5) is 25.8. The normalized spacial score (nSPS) is 13.4. The lowest BCUT2D eigenvalue weighted by molar-refractivity contribution is 0.486. The molecule has 0 aliphatic heterocycles. The van der Waals surface area contributed by atoms with Crippen molar-refractivity contribution >= 4 is 39.1 Å². The van der Waals surface area contributed by atoms with Crippen molar-refractivity contribution in [1.29, 1.82) is 0 Å². The van der Waals surface area contributed by atoms with Gasteiger partial charge in [-0.25, -0.2) is 4.79 Å². The molecule has 4 nitrogen and oxygen atoms in total. The van der Waals surface area contributed by atoms with E-state index in [0.29, 0.717) is 16.0 Å². The summed E-state index contributed by atoms with van der Waals surface area (Å²) in [5.41, 5.74) is -0.0368. The molecule has 0 fully saturated rings.